The van der Waals surface area contributed by atoms with Gasteiger partial charge in [0.1, 0.15) is 0 Å². The van der Waals surface area contributed by atoms with Crippen molar-refractivity contribution in [3.8, 4) is 0 Å². The van der Waals surface area contributed by atoms with Crippen molar-refractivity contribution in [1.82, 2.24) is 9.62 Å². The Bertz CT molecular complexity index is 354. The van der Waals surface area contributed by atoms with Crippen LogP contribution in [0, 0.1) is 11.8 Å². The molecule has 1 rings (SSSR count). The van der Waals surface area contributed by atoms with E-state index in [9.17, 15) is 8.42 Å². The van der Waals surface area contributed by atoms with E-state index in [1.807, 2.05) is 7.05 Å². The van der Waals surface area contributed by atoms with Gasteiger partial charge in [0.05, 0.1) is 6.26 Å². The minimum absolute atomic E-state index is 0.534. The van der Waals surface area contributed by atoms with Crippen LogP contribution >= 0.6 is 0 Å². The fraction of sp³-hybridized carbons (Fsp3) is 1.00. The minimum Gasteiger partial charge on any atom is -0.317 e. The van der Waals surface area contributed by atoms with Crippen LogP contribution in [0.1, 0.15) is 46.0 Å². The number of rotatable bonds is 7. The maximum atomic E-state index is 11.6. The molecule has 0 aromatic heterocycles. The second kappa shape index (κ2) is 7.60. The molecule has 19 heavy (non-hydrogen) atoms. The zero-order chi connectivity index (χ0) is 14.5. The summed E-state index contributed by atoms with van der Waals surface area (Å²) in [6, 6.07) is 0.564. The van der Waals surface area contributed by atoms with Crippen molar-refractivity contribution in [1.29, 1.82) is 0 Å². The third kappa shape index (κ3) is 6.23. The SMILES string of the molecule is CNC(CCC1CCCN(S(C)(=O)=O)C1)CC(C)C. The summed E-state index contributed by atoms with van der Waals surface area (Å²) < 4.78 is 24.8. The first-order valence-electron chi connectivity index (χ1n) is 7.45. The van der Waals surface area contributed by atoms with Gasteiger partial charge >= 0.3 is 0 Å². The predicted molar refractivity (Wildman–Crippen MR) is 80.7 cm³/mol. The van der Waals surface area contributed by atoms with E-state index in [1.54, 1.807) is 4.31 Å². The molecule has 1 N–H and O–H groups in total. The average molecular weight is 290 g/mol. The number of nitrogens with zero attached hydrogens (tertiary/aromatic N) is 1. The van der Waals surface area contributed by atoms with Crippen molar-refractivity contribution >= 4 is 10.0 Å². The third-order valence-corrected chi connectivity index (χ3v) is 5.31. The van der Waals surface area contributed by atoms with E-state index >= 15 is 0 Å². The summed E-state index contributed by atoms with van der Waals surface area (Å²) in [6.45, 7) is 5.92. The molecule has 1 fully saturated rings. The molecule has 1 aliphatic heterocycles. The maximum absolute atomic E-state index is 11.6. The van der Waals surface area contributed by atoms with Crippen LogP contribution in [0.5, 0.6) is 0 Å². The van der Waals surface area contributed by atoms with Crippen LogP contribution in [0.25, 0.3) is 0 Å². The molecule has 2 atom stereocenters. The highest BCUT2D eigenvalue weighted by Crippen LogP contribution is 2.24. The lowest BCUT2D eigenvalue weighted by molar-refractivity contribution is 0.244. The summed E-state index contributed by atoms with van der Waals surface area (Å²) in [7, 11) is -0.980. The summed E-state index contributed by atoms with van der Waals surface area (Å²) in [6.07, 6.45) is 6.97. The number of nitrogens with one attached hydrogen (secondary N) is 1. The Hall–Kier alpha value is -0.130. The second-order valence-corrected chi connectivity index (χ2v) is 8.30. The first-order valence-corrected chi connectivity index (χ1v) is 9.30. The number of sulfonamides is 1. The molecule has 0 saturated carbocycles. The van der Waals surface area contributed by atoms with E-state index < -0.39 is 10.0 Å². The van der Waals surface area contributed by atoms with Gasteiger partial charge in [-0.2, -0.15) is 0 Å². The summed E-state index contributed by atoms with van der Waals surface area (Å²) >= 11 is 0. The molecule has 0 aliphatic carbocycles. The van der Waals surface area contributed by atoms with Crippen LogP contribution in [-0.2, 0) is 10.0 Å². The molecule has 0 spiro atoms. The Kier molecular flexibility index (Phi) is 6.77. The van der Waals surface area contributed by atoms with Gasteiger partial charge in [-0.25, -0.2) is 12.7 Å². The molecule has 5 heteroatoms. The number of hydrogen-bond donors (Lipinski definition) is 1. The Morgan fingerprint density at radius 2 is 2.05 bits per heavy atom. The molecule has 0 bridgehead atoms. The molecule has 0 aromatic rings. The van der Waals surface area contributed by atoms with Crippen LogP contribution in [0.15, 0.2) is 0 Å². The lowest BCUT2D eigenvalue weighted by atomic mass is 9.90. The van der Waals surface area contributed by atoms with Gasteiger partial charge in [0.25, 0.3) is 0 Å². The Morgan fingerprint density at radius 3 is 2.58 bits per heavy atom. The van der Waals surface area contributed by atoms with Crippen molar-refractivity contribution in [2.24, 2.45) is 11.8 Å². The number of hydrogen-bond acceptors (Lipinski definition) is 3. The molecule has 0 amide bonds. The van der Waals surface area contributed by atoms with Gasteiger partial charge in [0.15, 0.2) is 0 Å². The van der Waals surface area contributed by atoms with Gasteiger partial charge in [-0.3, -0.25) is 0 Å². The second-order valence-electron chi connectivity index (χ2n) is 6.32. The van der Waals surface area contributed by atoms with Gasteiger partial charge < -0.3 is 5.32 Å². The van der Waals surface area contributed by atoms with Gasteiger partial charge in [0, 0.05) is 19.1 Å². The van der Waals surface area contributed by atoms with Crippen LogP contribution in [0.2, 0.25) is 0 Å². The van der Waals surface area contributed by atoms with Crippen LogP contribution < -0.4 is 5.32 Å². The zero-order valence-electron chi connectivity index (χ0n) is 12.9. The van der Waals surface area contributed by atoms with Crippen molar-refractivity contribution < 1.29 is 8.42 Å². The topological polar surface area (TPSA) is 49.4 Å². The van der Waals surface area contributed by atoms with Crippen molar-refractivity contribution in [3.63, 3.8) is 0 Å². The predicted octanol–water partition coefficient (Wildman–Crippen LogP) is 2.07. The van der Waals surface area contributed by atoms with Crippen LogP contribution in [0.3, 0.4) is 0 Å². The molecule has 1 heterocycles. The molecule has 0 radical (unpaired) electrons. The fourth-order valence-corrected chi connectivity index (χ4v) is 3.89. The van der Waals surface area contributed by atoms with Crippen molar-refractivity contribution in [3.05, 3.63) is 0 Å². The molecule has 1 aliphatic rings. The molecular weight excluding hydrogens is 260 g/mol. The quantitative estimate of drug-likeness (QED) is 0.781. The highest BCUT2D eigenvalue weighted by molar-refractivity contribution is 7.88. The molecule has 0 aromatic carbocycles. The zero-order valence-corrected chi connectivity index (χ0v) is 13.7. The fourth-order valence-electron chi connectivity index (χ4n) is 2.95. The molecule has 1 saturated heterocycles. The van der Waals surface area contributed by atoms with E-state index in [0.29, 0.717) is 24.4 Å². The highest BCUT2D eigenvalue weighted by atomic mass is 32.2. The smallest absolute Gasteiger partial charge is 0.211 e. The van der Waals surface area contributed by atoms with Crippen molar-refractivity contribution in [2.45, 2.75) is 52.0 Å². The Balaban J connectivity index is 2.40. The number of piperidine rings is 1. The van der Waals surface area contributed by atoms with Gasteiger partial charge in [-0.05, 0) is 51.0 Å². The molecule has 4 nitrogen and oxygen atoms in total. The standard InChI is InChI=1S/C14H30N2O2S/c1-12(2)10-14(15-3)8-7-13-6-5-9-16(11-13)19(4,17)18/h12-15H,5-11H2,1-4H3. The summed E-state index contributed by atoms with van der Waals surface area (Å²) in [4.78, 5) is 0. The van der Waals surface area contributed by atoms with E-state index in [2.05, 4.69) is 19.2 Å². The maximum Gasteiger partial charge on any atom is 0.211 e. The molecular formula is C14H30N2O2S. The monoisotopic (exact) mass is 290 g/mol. The lowest BCUT2D eigenvalue weighted by Crippen LogP contribution is -2.39. The normalized spacial score (nSPS) is 23.7. The highest BCUT2D eigenvalue weighted by Gasteiger charge is 2.26. The first kappa shape index (κ1) is 16.9. The largest absolute Gasteiger partial charge is 0.317 e. The van der Waals surface area contributed by atoms with Crippen LogP contribution in [-0.4, -0.2) is 45.2 Å². The Labute approximate surface area is 119 Å². The van der Waals surface area contributed by atoms with Gasteiger partial charge in [0.2, 0.25) is 10.0 Å². The van der Waals surface area contributed by atoms with E-state index in [0.717, 1.165) is 25.8 Å². The van der Waals surface area contributed by atoms with E-state index in [1.165, 1.54) is 19.1 Å². The average Bonchev–Trinajstić information content (AvgIpc) is 2.33. The Morgan fingerprint density at radius 1 is 1.37 bits per heavy atom. The molecule has 2 unspecified atom stereocenters. The van der Waals surface area contributed by atoms with Gasteiger partial charge in [-0.15, -0.1) is 0 Å². The van der Waals surface area contributed by atoms with E-state index in [-0.39, 0.29) is 0 Å². The third-order valence-electron chi connectivity index (χ3n) is 4.04. The summed E-state index contributed by atoms with van der Waals surface area (Å²) in [5.41, 5.74) is 0. The van der Waals surface area contributed by atoms with Crippen molar-refractivity contribution in [2.75, 3.05) is 26.4 Å². The first-order chi connectivity index (χ1) is 8.82. The summed E-state index contributed by atoms with van der Waals surface area (Å²) in [5.74, 6) is 1.24. The molecule has 114 valence electrons. The van der Waals surface area contributed by atoms with E-state index in [4.69, 9.17) is 0 Å². The summed E-state index contributed by atoms with van der Waals surface area (Å²) in [5, 5.41) is 3.38. The van der Waals surface area contributed by atoms with Crippen LogP contribution in [0.4, 0.5) is 0 Å². The van der Waals surface area contributed by atoms with Gasteiger partial charge in [-0.1, -0.05) is 13.8 Å². The lowest BCUT2D eigenvalue weighted by Gasteiger charge is -2.32. The minimum atomic E-state index is -3.00.